The van der Waals surface area contributed by atoms with Crippen LogP contribution in [-0.2, 0) is 5.54 Å². The molecular weight excluding hydrogens is 249 g/mol. The normalized spacial score (nSPS) is 14.3. The highest BCUT2D eigenvalue weighted by Gasteiger charge is 2.27. The molecule has 0 amide bonds. The summed E-state index contributed by atoms with van der Waals surface area (Å²) in [6.07, 6.45) is 0.720. The summed E-state index contributed by atoms with van der Waals surface area (Å²) in [6.45, 7) is 6.36. The van der Waals surface area contributed by atoms with Gasteiger partial charge in [-0.3, -0.25) is 0 Å². The number of nitrogens with two attached hydrogens (primary N) is 1. The van der Waals surface area contributed by atoms with Crippen LogP contribution in [0.4, 0.5) is 4.39 Å². The Morgan fingerprint density at radius 3 is 2.20 bits per heavy atom. The standard InChI is InChI=1S/C18H22FN/c1-4-18(20,16-6-5-7-17(19)12-16)15-10-8-14(9-11-15)13(2)3/h5-13H,4,20H2,1-3H3. The van der Waals surface area contributed by atoms with Gasteiger partial charge in [-0.2, -0.15) is 0 Å². The van der Waals surface area contributed by atoms with E-state index in [2.05, 4.69) is 38.1 Å². The van der Waals surface area contributed by atoms with Crippen molar-refractivity contribution in [1.82, 2.24) is 0 Å². The van der Waals surface area contributed by atoms with E-state index in [9.17, 15) is 4.39 Å². The maximum atomic E-state index is 13.5. The van der Waals surface area contributed by atoms with Gasteiger partial charge in [-0.25, -0.2) is 4.39 Å². The molecule has 1 unspecified atom stereocenters. The second kappa shape index (κ2) is 5.76. The molecule has 1 atom stereocenters. The Hall–Kier alpha value is -1.67. The van der Waals surface area contributed by atoms with E-state index >= 15 is 0 Å². The van der Waals surface area contributed by atoms with Crippen LogP contribution < -0.4 is 5.73 Å². The minimum atomic E-state index is -0.641. The summed E-state index contributed by atoms with van der Waals surface area (Å²) in [5.41, 5.74) is 9.05. The largest absolute Gasteiger partial charge is 0.318 e. The minimum Gasteiger partial charge on any atom is -0.318 e. The maximum Gasteiger partial charge on any atom is 0.123 e. The Balaban J connectivity index is 2.45. The lowest BCUT2D eigenvalue weighted by atomic mass is 9.81. The molecule has 2 aromatic carbocycles. The zero-order valence-corrected chi connectivity index (χ0v) is 12.4. The highest BCUT2D eigenvalue weighted by Crippen LogP contribution is 2.31. The van der Waals surface area contributed by atoms with Gasteiger partial charge in [0.2, 0.25) is 0 Å². The van der Waals surface area contributed by atoms with Crippen molar-refractivity contribution in [3.05, 3.63) is 71.0 Å². The summed E-state index contributed by atoms with van der Waals surface area (Å²) in [5, 5.41) is 0. The van der Waals surface area contributed by atoms with Crippen LogP contribution in [0.3, 0.4) is 0 Å². The van der Waals surface area contributed by atoms with Gasteiger partial charge in [0, 0.05) is 0 Å². The summed E-state index contributed by atoms with van der Waals surface area (Å²) >= 11 is 0. The zero-order chi connectivity index (χ0) is 14.8. The summed E-state index contributed by atoms with van der Waals surface area (Å²) in [7, 11) is 0. The van der Waals surface area contributed by atoms with Gasteiger partial charge in [-0.05, 0) is 41.2 Å². The molecule has 0 aromatic heterocycles. The van der Waals surface area contributed by atoms with Crippen LogP contribution in [0.15, 0.2) is 48.5 Å². The second-order valence-corrected chi connectivity index (χ2v) is 5.61. The fourth-order valence-corrected chi connectivity index (χ4v) is 2.51. The molecule has 0 radical (unpaired) electrons. The third kappa shape index (κ3) is 2.75. The SMILES string of the molecule is CCC(N)(c1ccc(C(C)C)cc1)c1cccc(F)c1. The third-order valence-electron chi connectivity index (χ3n) is 3.99. The molecule has 1 nitrogen and oxygen atoms in total. The van der Waals surface area contributed by atoms with E-state index in [1.807, 2.05) is 13.0 Å². The Kier molecular flexibility index (Phi) is 4.24. The summed E-state index contributed by atoms with van der Waals surface area (Å²) in [5.74, 6) is 0.247. The summed E-state index contributed by atoms with van der Waals surface area (Å²) in [4.78, 5) is 0. The zero-order valence-electron chi connectivity index (χ0n) is 12.4. The second-order valence-electron chi connectivity index (χ2n) is 5.61. The fourth-order valence-electron chi connectivity index (χ4n) is 2.51. The predicted octanol–water partition coefficient (Wildman–Crippen LogP) is 4.56. The highest BCUT2D eigenvalue weighted by molar-refractivity contribution is 5.39. The Bertz CT molecular complexity index is 574. The lowest BCUT2D eigenvalue weighted by Crippen LogP contribution is -2.37. The van der Waals surface area contributed by atoms with E-state index < -0.39 is 5.54 Å². The molecule has 2 aromatic rings. The summed E-state index contributed by atoms with van der Waals surface area (Å²) in [6, 6.07) is 14.9. The van der Waals surface area contributed by atoms with Crippen molar-refractivity contribution in [3.8, 4) is 0 Å². The lowest BCUT2D eigenvalue weighted by molar-refractivity contribution is 0.512. The van der Waals surface area contributed by atoms with E-state index in [1.165, 1.54) is 17.7 Å². The van der Waals surface area contributed by atoms with Crippen molar-refractivity contribution in [2.45, 2.75) is 38.6 Å². The molecule has 20 heavy (non-hydrogen) atoms. The van der Waals surface area contributed by atoms with Gasteiger partial charge in [0.15, 0.2) is 0 Å². The molecule has 0 spiro atoms. The number of hydrogen-bond donors (Lipinski definition) is 1. The molecule has 0 aliphatic carbocycles. The van der Waals surface area contributed by atoms with Crippen molar-refractivity contribution in [2.24, 2.45) is 5.73 Å². The van der Waals surface area contributed by atoms with E-state index in [0.717, 1.165) is 17.5 Å². The molecular formula is C18H22FN. The number of rotatable bonds is 4. The lowest BCUT2D eigenvalue weighted by Gasteiger charge is -2.30. The van der Waals surface area contributed by atoms with Crippen LogP contribution in [-0.4, -0.2) is 0 Å². The first-order chi connectivity index (χ1) is 9.47. The van der Waals surface area contributed by atoms with Gasteiger partial charge in [0.05, 0.1) is 5.54 Å². The molecule has 0 aliphatic rings. The quantitative estimate of drug-likeness (QED) is 0.866. The van der Waals surface area contributed by atoms with Gasteiger partial charge in [-0.1, -0.05) is 57.2 Å². The molecule has 2 rings (SSSR count). The smallest absolute Gasteiger partial charge is 0.123 e. The Morgan fingerprint density at radius 1 is 1.05 bits per heavy atom. The number of hydrogen-bond acceptors (Lipinski definition) is 1. The van der Waals surface area contributed by atoms with Crippen LogP contribution in [0, 0.1) is 5.82 Å². The molecule has 0 fully saturated rings. The van der Waals surface area contributed by atoms with Crippen molar-refractivity contribution in [3.63, 3.8) is 0 Å². The van der Waals surface area contributed by atoms with E-state index in [-0.39, 0.29) is 5.82 Å². The number of benzene rings is 2. The van der Waals surface area contributed by atoms with Crippen LogP contribution in [0.2, 0.25) is 0 Å². The first-order valence-corrected chi connectivity index (χ1v) is 7.12. The minimum absolute atomic E-state index is 0.246. The van der Waals surface area contributed by atoms with Crippen LogP contribution >= 0.6 is 0 Å². The van der Waals surface area contributed by atoms with Crippen LogP contribution in [0.1, 0.15) is 49.8 Å². The molecule has 0 saturated heterocycles. The fraction of sp³-hybridized carbons (Fsp3) is 0.333. The first-order valence-electron chi connectivity index (χ1n) is 7.12. The monoisotopic (exact) mass is 271 g/mol. The molecule has 0 aliphatic heterocycles. The topological polar surface area (TPSA) is 26.0 Å². The van der Waals surface area contributed by atoms with E-state index in [4.69, 9.17) is 5.73 Å². The molecule has 0 saturated carbocycles. The molecule has 2 N–H and O–H groups in total. The third-order valence-corrected chi connectivity index (χ3v) is 3.99. The van der Waals surface area contributed by atoms with Gasteiger partial charge in [-0.15, -0.1) is 0 Å². The maximum absolute atomic E-state index is 13.5. The molecule has 106 valence electrons. The average Bonchev–Trinajstić information content (AvgIpc) is 2.46. The Morgan fingerprint density at radius 2 is 1.70 bits per heavy atom. The van der Waals surface area contributed by atoms with Crippen molar-refractivity contribution in [2.75, 3.05) is 0 Å². The molecule has 0 heterocycles. The Labute approximate surface area is 120 Å². The number of halogens is 1. The molecule has 0 bridgehead atoms. The van der Waals surface area contributed by atoms with Crippen molar-refractivity contribution >= 4 is 0 Å². The predicted molar refractivity (Wildman–Crippen MR) is 82.2 cm³/mol. The molecule has 2 heteroatoms. The van der Waals surface area contributed by atoms with Crippen LogP contribution in [0.5, 0.6) is 0 Å². The summed E-state index contributed by atoms with van der Waals surface area (Å²) < 4.78 is 13.5. The van der Waals surface area contributed by atoms with Gasteiger partial charge >= 0.3 is 0 Å². The van der Waals surface area contributed by atoms with Gasteiger partial charge in [0.1, 0.15) is 5.82 Å². The van der Waals surface area contributed by atoms with Crippen molar-refractivity contribution < 1.29 is 4.39 Å². The van der Waals surface area contributed by atoms with E-state index in [1.54, 1.807) is 6.07 Å². The highest BCUT2D eigenvalue weighted by atomic mass is 19.1. The average molecular weight is 271 g/mol. The van der Waals surface area contributed by atoms with E-state index in [0.29, 0.717) is 5.92 Å². The first kappa shape index (κ1) is 14.7. The van der Waals surface area contributed by atoms with Gasteiger partial charge < -0.3 is 5.73 Å². The van der Waals surface area contributed by atoms with Gasteiger partial charge in [0.25, 0.3) is 0 Å². The van der Waals surface area contributed by atoms with Crippen molar-refractivity contribution in [1.29, 1.82) is 0 Å². The van der Waals surface area contributed by atoms with Crippen LogP contribution in [0.25, 0.3) is 0 Å².